The standard InChI is InChI=1S/C20H19NO5/c1-25-15-9-13-14(10-16(15)26-2)19(22)21-8-7-11-5-3-4-6-12(11)18(21)17(13)20(23)24/h3-6,9-10,17-18H,7-8H2,1-2H3,(H,23,24)/t17-,18+/m1/s1. The lowest BCUT2D eigenvalue weighted by Gasteiger charge is -2.44. The third-order valence-electron chi connectivity index (χ3n) is 5.30. The van der Waals surface area contributed by atoms with Crippen molar-refractivity contribution in [1.82, 2.24) is 4.90 Å². The zero-order chi connectivity index (χ0) is 18.4. The van der Waals surface area contributed by atoms with Crippen molar-refractivity contribution in [2.24, 2.45) is 0 Å². The number of benzene rings is 2. The highest BCUT2D eigenvalue weighted by Gasteiger charge is 2.47. The molecule has 2 aliphatic rings. The van der Waals surface area contributed by atoms with E-state index in [0.29, 0.717) is 35.6 Å². The predicted octanol–water partition coefficient (Wildman–Crippen LogP) is 2.63. The van der Waals surface area contributed by atoms with E-state index in [1.807, 2.05) is 24.3 Å². The van der Waals surface area contributed by atoms with Crippen molar-refractivity contribution >= 4 is 11.9 Å². The summed E-state index contributed by atoms with van der Waals surface area (Å²) in [5, 5.41) is 10.0. The number of carboxylic acid groups (broad SMARTS) is 1. The van der Waals surface area contributed by atoms with Gasteiger partial charge in [-0.25, -0.2) is 0 Å². The predicted molar refractivity (Wildman–Crippen MR) is 93.8 cm³/mol. The number of fused-ring (bicyclic) bond motifs is 4. The third-order valence-corrected chi connectivity index (χ3v) is 5.30. The minimum atomic E-state index is -0.960. The zero-order valence-corrected chi connectivity index (χ0v) is 14.6. The van der Waals surface area contributed by atoms with E-state index >= 15 is 0 Å². The summed E-state index contributed by atoms with van der Waals surface area (Å²) in [7, 11) is 2.99. The lowest BCUT2D eigenvalue weighted by molar-refractivity contribution is -0.140. The number of methoxy groups -OCH3 is 2. The molecule has 26 heavy (non-hydrogen) atoms. The topological polar surface area (TPSA) is 76.1 Å². The van der Waals surface area contributed by atoms with Crippen molar-refractivity contribution in [3.05, 3.63) is 58.7 Å². The number of amides is 1. The number of nitrogens with zero attached hydrogens (tertiary/aromatic N) is 1. The number of rotatable bonds is 3. The van der Waals surface area contributed by atoms with Crippen LogP contribution >= 0.6 is 0 Å². The molecule has 2 aromatic rings. The van der Waals surface area contributed by atoms with Gasteiger partial charge in [-0.3, -0.25) is 9.59 Å². The maximum absolute atomic E-state index is 13.1. The molecule has 0 saturated carbocycles. The Hall–Kier alpha value is -3.02. The summed E-state index contributed by atoms with van der Waals surface area (Å²) in [6, 6.07) is 10.4. The van der Waals surface area contributed by atoms with E-state index in [-0.39, 0.29) is 5.91 Å². The molecule has 2 aliphatic heterocycles. The van der Waals surface area contributed by atoms with E-state index in [4.69, 9.17) is 9.47 Å². The van der Waals surface area contributed by atoms with Crippen molar-refractivity contribution in [2.75, 3.05) is 20.8 Å². The van der Waals surface area contributed by atoms with Crippen LogP contribution in [0.3, 0.4) is 0 Å². The largest absolute Gasteiger partial charge is 0.493 e. The summed E-state index contributed by atoms with van der Waals surface area (Å²) >= 11 is 0. The van der Waals surface area contributed by atoms with E-state index in [2.05, 4.69) is 0 Å². The molecule has 6 nitrogen and oxygen atoms in total. The van der Waals surface area contributed by atoms with Gasteiger partial charge < -0.3 is 19.5 Å². The van der Waals surface area contributed by atoms with E-state index < -0.39 is 17.9 Å². The second-order valence-electron chi connectivity index (χ2n) is 6.50. The summed E-state index contributed by atoms with van der Waals surface area (Å²) in [4.78, 5) is 27.0. The van der Waals surface area contributed by atoms with Gasteiger partial charge in [-0.15, -0.1) is 0 Å². The SMILES string of the molecule is COc1cc2c(cc1OC)[C@@H](C(=O)O)[C@@H]1c3ccccc3CCN1C2=O. The molecule has 0 saturated heterocycles. The van der Waals surface area contributed by atoms with Gasteiger partial charge >= 0.3 is 5.97 Å². The second-order valence-corrected chi connectivity index (χ2v) is 6.50. The van der Waals surface area contributed by atoms with Gasteiger partial charge in [0.25, 0.3) is 5.91 Å². The number of carbonyl (C=O) groups excluding carboxylic acids is 1. The Labute approximate surface area is 151 Å². The Morgan fingerprint density at radius 1 is 1.12 bits per heavy atom. The van der Waals surface area contributed by atoms with E-state index in [9.17, 15) is 14.7 Å². The zero-order valence-electron chi connectivity index (χ0n) is 14.6. The highest BCUT2D eigenvalue weighted by Crippen LogP contribution is 2.48. The highest BCUT2D eigenvalue weighted by molar-refractivity contribution is 6.01. The highest BCUT2D eigenvalue weighted by atomic mass is 16.5. The molecule has 1 amide bonds. The third kappa shape index (κ3) is 2.25. The lowest BCUT2D eigenvalue weighted by atomic mass is 9.76. The first-order valence-corrected chi connectivity index (χ1v) is 8.44. The number of hydrogen-bond donors (Lipinski definition) is 1. The molecule has 0 aliphatic carbocycles. The van der Waals surface area contributed by atoms with Crippen molar-refractivity contribution in [2.45, 2.75) is 18.4 Å². The number of carboxylic acids is 1. The van der Waals surface area contributed by atoms with Gasteiger partial charge in [0.05, 0.1) is 20.3 Å². The molecule has 2 heterocycles. The van der Waals surface area contributed by atoms with Crippen LogP contribution in [-0.2, 0) is 11.2 Å². The molecule has 2 atom stereocenters. The van der Waals surface area contributed by atoms with Gasteiger partial charge in [0.15, 0.2) is 11.5 Å². The molecule has 2 aromatic carbocycles. The second kappa shape index (κ2) is 6.05. The van der Waals surface area contributed by atoms with E-state index in [1.54, 1.807) is 17.0 Å². The van der Waals surface area contributed by atoms with Crippen molar-refractivity contribution in [1.29, 1.82) is 0 Å². The van der Waals surface area contributed by atoms with Gasteiger partial charge in [-0.2, -0.15) is 0 Å². The fraction of sp³-hybridized carbons (Fsp3) is 0.300. The number of hydrogen-bond acceptors (Lipinski definition) is 4. The van der Waals surface area contributed by atoms with Crippen LogP contribution in [0.5, 0.6) is 11.5 Å². The molecule has 0 unspecified atom stereocenters. The minimum absolute atomic E-state index is 0.169. The normalized spacial score (nSPS) is 20.7. The van der Waals surface area contributed by atoms with Gasteiger partial charge in [-0.05, 0) is 35.2 Å². The molecular weight excluding hydrogens is 334 g/mol. The average Bonchev–Trinajstić information content (AvgIpc) is 2.66. The molecule has 0 aromatic heterocycles. The summed E-state index contributed by atoms with van der Waals surface area (Å²) in [5.74, 6) is -1.15. The molecule has 6 heteroatoms. The van der Waals surface area contributed by atoms with Crippen LogP contribution in [0.2, 0.25) is 0 Å². The fourth-order valence-electron chi connectivity index (χ4n) is 4.12. The first-order valence-electron chi connectivity index (χ1n) is 8.44. The quantitative estimate of drug-likeness (QED) is 0.918. The minimum Gasteiger partial charge on any atom is -0.493 e. The van der Waals surface area contributed by atoms with Gasteiger partial charge in [0.2, 0.25) is 0 Å². The summed E-state index contributed by atoms with van der Waals surface area (Å²) in [5.41, 5.74) is 2.83. The molecule has 1 N–H and O–H groups in total. The Bertz CT molecular complexity index is 907. The Balaban J connectivity index is 1.96. The van der Waals surface area contributed by atoms with Gasteiger partial charge in [-0.1, -0.05) is 24.3 Å². The summed E-state index contributed by atoms with van der Waals surface area (Å²) in [6.45, 7) is 0.498. The summed E-state index contributed by atoms with van der Waals surface area (Å²) in [6.07, 6.45) is 0.716. The Morgan fingerprint density at radius 3 is 2.50 bits per heavy atom. The van der Waals surface area contributed by atoms with Crippen molar-refractivity contribution in [3.8, 4) is 11.5 Å². The molecular formula is C20H19NO5. The Kier molecular flexibility index (Phi) is 3.83. The molecule has 0 fully saturated rings. The van der Waals surface area contributed by atoms with Crippen molar-refractivity contribution in [3.63, 3.8) is 0 Å². The molecule has 0 radical (unpaired) electrons. The average molecular weight is 353 g/mol. The smallest absolute Gasteiger partial charge is 0.313 e. The molecule has 0 spiro atoms. The monoisotopic (exact) mass is 353 g/mol. The fourth-order valence-corrected chi connectivity index (χ4v) is 4.12. The molecule has 4 rings (SSSR count). The lowest BCUT2D eigenvalue weighted by Crippen LogP contribution is -2.48. The molecule has 0 bridgehead atoms. The van der Waals surface area contributed by atoms with Crippen LogP contribution in [-0.4, -0.2) is 42.6 Å². The van der Waals surface area contributed by atoms with Gasteiger partial charge in [0.1, 0.15) is 5.92 Å². The summed E-state index contributed by atoms with van der Waals surface area (Å²) < 4.78 is 10.6. The van der Waals surface area contributed by atoms with Crippen LogP contribution in [0.15, 0.2) is 36.4 Å². The van der Waals surface area contributed by atoms with Gasteiger partial charge in [0, 0.05) is 12.1 Å². The maximum atomic E-state index is 13.1. The molecule has 134 valence electrons. The van der Waals surface area contributed by atoms with Crippen LogP contribution in [0.1, 0.15) is 39.0 Å². The maximum Gasteiger partial charge on any atom is 0.313 e. The number of aliphatic carboxylic acids is 1. The van der Waals surface area contributed by atoms with Crippen LogP contribution < -0.4 is 9.47 Å². The number of carbonyl (C=O) groups is 2. The number of ether oxygens (including phenoxy) is 2. The Morgan fingerprint density at radius 2 is 1.81 bits per heavy atom. The van der Waals surface area contributed by atoms with E-state index in [1.165, 1.54) is 14.2 Å². The van der Waals surface area contributed by atoms with Crippen LogP contribution in [0, 0.1) is 0 Å². The van der Waals surface area contributed by atoms with E-state index in [0.717, 1.165) is 11.1 Å². The first kappa shape index (κ1) is 16.4. The van der Waals surface area contributed by atoms with Crippen LogP contribution in [0.4, 0.5) is 0 Å². The van der Waals surface area contributed by atoms with Crippen molar-refractivity contribution < 1.29 is 24.2 Å². The van der Waals surface area contributed by atoms with Crippen LogP contribution in [0.25, 0.3) is 0 Å². The first-order chi connectivity index (χ1) is 12.6.